The minimum Gasteiger partial charge on any atom is -0.371 e. The van der Waals surface area contributed by atoms with Crippen LogP contribution in [0.2, 0.25) is 0 Å². The number of nitrogens with zero attached hydrogens (tertiary/aromatic N) is 4. The molecule has 5 N–H and O–H groups in total. The van der Waals surface area contributed by atoms with E-state index in [0.29, 0.717) is 0 Å². The van der Waals surface area contributed by atoms with Gasteiger partial charge in [-0.1, -0.05) is 5.21 Å². The van der Waals surface area contributed by atoms with Gasteiger partial charge in [-0.3, -0.25) is 14.3 Å². The van der Waals surface area contributed by atoms with Gasteiger partial charge in [-0.05, 0) is 6.08 Å². The maximum atomic E-state index is 11.9. The van der Waals surface area contributed by atoms with Crippen LogP contribution < -0.4 is 15.5 Å². The highest BCUT2D eigenvalue weighted by Gasteiger charge is 2.26. The Bertz CT molecular complexity index is 683. The van der Waals surface area contributed by atoms with Crippen LogP contribution in [0.5, 0.6) is 0 Å². The van der Waals surface area contributed by atoms with E-state index < -0.39 is 32.2 Å². The van der Waals surface area contributed by atoms with Crippen LogP contribution >= 0.6 is 7.60 Å². The molecule has 23 heavy (non-hydrogen) atoms. The number of aromatic nitrogens is 3. The first-order valence-corrected chi connectivity index (χ1v) is 8.15. The molecule has 2 atom stereocenters. The highest BCUT2D eigenvalue weighted by atomic mass is 31.2. The van der Waals surface area contributed by atoms with E-state index in [0.717, 1.165) is 15.8 Å². The van der Waals surface area contributed by atoms with E-state index in [4.69, 9.17) is 9.79 Å². The van der Waals surface area contributed by atoms with Crippen molar-refractivity contribution in [3.63, 3.8) is 0 Å². The normalized spacial score (nSPS) is 19.4. The van der Waals surface area contributed by atoms with Crippen molar-refractivity contribution in [2.45, 2.75) is 19.3 Å². The van der Waals surface area contributed by atoms with Crippen molar-refractivity contribution in [3.05, 3.63) is 18.5 Å². The van der Waals surface area contributed by atoms with E-state index in [1.165, 1.54) is 19.2 Å². The summed E-state index contributed by atoms with van der Waals surface area (Å²) < 4.78 is 11.7. The van der Waals surface area contributed by atoms with Crippen LogP contribution in [0.15, 0.2) is 18.5 Å². The van der Waals surface area contributed by atoms with Crippen molar-refractivity contribution in [1.29, 1.82) is 0 Å². The molecular formula is C10H15N6O6P. The van der Waals surface area contributed by atoms with Crippen LogP contribution in [0.1, 0.15) is 13.2 Å². The van der Waals surface area contributed by atoms with Crippen molar-refractivity contribution < 1.29 is 29.0 Å². The van der Waals surface area contributed by atoms with Crippen LogP contribution in [0.3, 0.4) is 0 Å². The molecule has 0 aromatic carbocycles. The second-order valence-electron chi connectivity index (χ2n) is 4.72. The first-order valence-electron chi connectivity index (χ1n) is 6.35. The van der Waals surface area contributed by atoms with Crippen molar-refractivity contribution in [2.24, 2.45) is 0 Å². The molecule has 1 aromatic heterocycles. The van der Waals surface area contributed by atoms with Crippen molar-refractivity contribution in [3.8, 4) is 0 Å². The molecule has 3 amide bonds. The fourth-order valence-electron chi connectivity index (χ4n) is 1.79. The average Bonchev–Trinajstić information content (AvgIpc) is 2.85. The number of anilines is 1. The largest absolute Gasteiger partial charge is 0.371 e. The van der Waals surface area contributed by atoms with Crippen LogP contribution in [0, 0.1) is 0 Å². The first-order chi connectivity index (χ1) is 10.7. The van der Waals surface area contributed by atoms with E-state index in [2.05, 4.69) is 20.9 Å². The van der Waals surface area contributed by atoms with Gasteiger partial charge in [0.1, 0.15) is 6.17 Å². The Kier molecular flexibility index (Phi) is 4.80. The highest BCUT2D eigenvalue weighted by molar-refractivity contribution is 7.51. The van der Waals surface area contributed by atoms with Crippen LogP contribution in [0.4, 0.5) is 10.6 Å². The van der Waals surface area contributed by atoms with Crippen LogP contribution in [-0.4, -0.2) is 54.2 Å². The Hall–Kier alpha value is -2.27. The number of amides is 3. The van der Waals surface area contributed by atoms with E-state index in [1.54, 1.807) is 0 Å². The Morgan fingerprint density at radius 2 is 2.26 bits per heavy atom. The monoisotopic (exact) mass is 346 g/mol. The number of aliphatic hydroxyl groups excluding tert-OH is 1. The lowest BCUT2D eigenvalue weighted by Crippen LogP contribution is -2.53. The summed E-state index contributed by atoms with van der Waals surface area (Å²) >= 11 is 0. The Balaban J connectivity index is 2.10. The van der Waals surface area contributed by atoms with E-state index in [-0.39, 0.29) is 11.7 Å². The molecule has 1 aliphatic heterocycles. The summed E-state index contributed by atoms with van der Waals surface area (Å²) in [7, 11) is -4.43. The zero-order chi connectivity index (χ0) is 17.2. The number of aliphatic hydroxyl groups is 1. The average molecular weight is 346 g/mol. The van der Waals surface area contributed by atoms with Gasteiger partial charge in [0.15, 0.2) is 12.0 Å². The van der Waals surface area contributed by atoms with E-state index >= 15 is 0 Å². The number of rotatable bonds is 5. The molecule has 0 bridgehead atoms. The Labute approximate surface area is 129 Å². The predicted octanol–water partition coefficient (Wildman–Crippen LogP) is -1.55. The van der Waals surface area contributed by atoms with E-state index in [1.807, 2.05) is 0 Å². The highest BCUT2D eigenvalue weighted by Crippen LogP contribution is 2.37. The number of hydrogen-bond acceptors (Lipinski definition) is 6. The lowest BCUT2D eigenvalue weighted by Gasteiger charge is -2.25. The number of urea groups is 1. The molecule has 2 heterocycles. The second-order valence-corrected chi connectivity index (χ2v) is 6.42. The molecule has 0 saturated carbocycles. The van der Waals surface area contributed by atoms with Crippen molar-refractivity contribution in [2.75, 3.05) is 11.1 Å². The molecule has 0 spiro atoms. The van der Waals surface area contributed by atoms with Crippen LogP contribution in [0.25, 0.3) is 0 Å². The molecule has 1 aromatic rings. The van der Waals surface area contributed by atoms with Gasteiger partial charge in [-0.2, -0.15) is 0 Å². The Morgan fingerprint density at radius 3 is 2.83 bits per heavy atom. The van der Waals surface area contributed by atoms with Gasteiger partial charge >= 0.3 is 13.6 Å². The molecule has 0 radical (unpaired) electrons. The molecule has 126 valence electrons. The van der Waals surface area contributed by atoms with Crippen molar-refractivity contribution >= 4 is 25.4 Å². The third kappa shape index (κ3) is 4.60. The van der Waals surface area contributed by atoms with Gasteiger partial charge in [0, 0.05) is 13.1 Å². The molecule has 2 unspecified atom stereocenters. The minimum atomic E-state index is -4.43. The third-order valence-electron chi connectivity index (χ3n) is 2.74. The summed E-state index contributed by atoms with van der Waals surface area (Å²) in [6, 6.07) is -0.595. The lowest BCUT2D eigenvalue weighted by molar-refractivity contribution is -0.119. The number of hydrogen-bond donors (Lipinski definition) is 5. The van der Waals surface area contributed by atoms with Gasteiger partial charge in [-0.15, -0.1) is 5.10 Å². The van der Waals surface area contributed by atoms with Gasteiger partial charge < -0.3 is 25.5 Å². The molecule has 1 aliphatic rings. The summed E-state index contributed by atoms with van der Waals surface area (Å²) in [5, 5.41) is 21.8. The maximum absolute atomic E-state index is 11.9. The molecule has 12 nitrogen and oxygen atoms in total. The van der Waals surface area contributed by atoms with E-state index in [9.17, 15) is 19.3 Å². The SMILES string of the molecule is CC(=O)NC1C=CN(c2cn(C(O)CP(=O)(O)O)nn2)C(=O)N1. The summed E-state index contributed by atoms with van der Waals surface area (Å²) in [6.45, 7) is 1.31. The lowest BCUT2D eigenvalue weighted by atomic mass is 10.3. The number of carbonyl (C=O) groups is 2. The summed E-state index contributed by atoms with van der Waals surface area (Å²) in [5.74, 6) is -0.287. The quantitative estimate of drug-likeness (QED) is 0.399. The zero-order valence-corrected chi connectivity index (χ0v) is 12.8. The fraction of sp³-hybridized carbons (Fsp3) is 0.400. The standard InChI is InChI=1S/C10H15N6O6P/c1-6(17)11-7-2-3-15(10(19)12-7)8-4-16(14-13-8)9(18)5-23(20,21)22/h2-4,7,9,18H,5H2,1H3,(H,11,17)(H,12,19)(H2,20,21,22). The number of carbonyl (C=O) groups excluding carboxylic acids is 2. The van der Waals surface area contributed by atoms with Crippen LogP contribution in [-0.2, 0) is 9.36 Å². The maximum Gasteiger partial charge on any atom is 0.330 e. The molecule has 0 aliphatic carbocycles. The Morgan fingerprint density at radius 1 is 1.57 bits per heavy atom. The first kappa shape index (κ1) is 17.1. The molecule has 2 rings (SSSR count). The molecule has 13 heteroatoms. The molecular weight excluding hydrogens is 331 g/mol. The van der Waals surface area contributed by atoms with Gasteiger partial charge in [0.25, 0.3) is 0 Å². The van der Waals surface area contributed by atoms with Gasteiger partial charge in [0.2, 0.25) is 5.91 Å². The topological polar surface area (TPSA) is 170 Å². The van der Waals surface area contributed by atoms with Gasteiger partial charge in [0.05, 0.1) is 12.4 Å². The smallest absolute Gasteiger partial charge is 0.330 e. The summed E-state index contributed by atoms with van der Waals surface area (Å²) in [5.41, 5.74) is 0. The second kappa shape index (κ2) is 6.46. The molecule has 0 fully saturated rings. The minimum absolute atomic E-state index is 0.0322. The van der Waals surface area contributed by atoms with Crippen molar-refractivity contribution in [1.82, 2.24) is 25.6 Å². The third-order valence-corrected chi connectivity index (χ3v) is 3.54. The fourth-order valence-corrected chi connectivity index (χ4v) is 2.39. The van der Waals surface area contributed by atoms with Gasteiger partial charge in [-0.25, -0.2) is 9.48 Å². The molecule has 0 saturated heterocycles. The predicted molar refractivity (Wildman–Crippen MR) is 75.9 cm³/mol. The zero-order valence-electron chi connectivity index (χ0n) is 11.9. The number of nitrogens with one attached hydrogen (secondary N) is 2. The summed E-state index contributed by atoms with van der Waals surface area (Å²) in [6.07, 6.45) is 0.926. The summed E-state index contributed by atoms with van der Waals surface area (Å²) in [4.78, 5) is 41.6.